The van der Waals surface area contributed by atoms with Gasteiger partial charge in [-0.15, -0.1) is 6.58 Å². The first kappa shape index (κ1) is 10.5. The first-order chi connectivity index (χ1) is 5.41. The number of hydrogen-bond acceptors (Lipinski definition) is 3. The highest BCUT2D eigenvalue weighted by molar-refractivity contribution is 7.99. The summed E-state index contributed by atoms with van der Waals surface area (Å²) in [6.07, 6.45) is 2.51. The van der Waals surface area contributed by atoms with Gasteiger partial charge >= 0.3 is 0 Å². The smallest absolute Gasteiger partial charge is 0.0635 e. The lowest BCUT2D eigenvalue weighted by Crippen LogP contribution is -2.17. The Morgan fingerprint density at radius 3 is 3.00 bits per heavy atom. The van der Waals surface area contributed by atoms with Crippen LogP contribution < -0.4 is 5.32 Å². The zero-order valence-electron chi connectivity index (χ0n) is 6.68. The van der Waals surface area contributed by atoms with Crippen LogP contribution in [0, 0.1) is 11.3 Å². The summed E-state index contributed by atoms with van der Waals surface area (Å²) in [6.45, 7) is 5.42. The van der Waals surface area contributed by atoms with Gasteiger partial charge in [-0.2, -0.15) is 17.0 Å². The number of hydrogen-bond donors (Lipinski definition) is 1. The Bertz CT molecular complexity index is 129. The van der Waals surface area contributed by atoms with Gasteiger partial charge in [0.25, 0.3) is 0 Å². The highest BCUT2D eigenvalue weighted by Gasteiger charge is 1.86. The topological polar surface area (TPSA) is 35.8 Å². The zero-order valence-corrected chi connectivity index (χ0v) is 7.49. The molecule has 0 saturated carbocycles. The molecule has 0 unspecified atom stereocenters. The number of nitrogens with one attached hydrogen (secondary N) is 1. The molecule has 11 heavy (non-hydrogen) atoms. The van der Waals surface area contributed by atoms with Crippen LogP contribution in [0.25, 0.3) is 0 Å². The molecule has 3 heteroatoms. The Morgan fingerprint density at radius 2 is 2.36 bits per heavy atom. The molecule has 0 amide bonds. The summed E-state index contributed by atoms with van der Waals surface area (Å²) in [5.41, 5.74) is 0. The summed E-state index contributed by atoms with van der Waals surface area (Å²) < 4.78 is 0. The molecule has 0 heterocycles. The van der Waals surface area contributed by atoms with Crippen molar-refractivity contribution < 1.29 is 0 Å². The summed E-state index contributed by atoms with van der Waals surface area (Å²) in [5, 5.41) is 11.4. The van der Waals surface area contributed by atoms with E-state index in [0.717, 1.165) is 24.6 Å². The molecule has 0 aromatic rings. The minimum absolute atomic E-state index is 0.603. The van der Waals surface area contributed by atoms with Crippen molar-refractivity contribution in [1.29, 1.82) is 5.26 Å². The van der Waals surface area contributed by atoms with Crippen molar-refractivity contribution in [3.05, 3.63) is 12.7 Å². The van der Waals surface area contributed by atoms with Gasteiger partial charge < -0.3 is 5.32 Å². The quantitative estimate of drug-likeness (QED) is 0.463. The molecule has 0 bridgehead atoms. The Morgan fingerprint density at radius 1 is 1.55 bits per heavy atom. The monoisotopic (exact) mass is 170 g/mol. The predicted octanol–water partition coefficient (Wildman–Crippen LogP) is 1.41. The Kier molecular flexibility index (Phi) is 9.14. The average molecular weight is 170 g/mol. The van der Waals surface area contributed by atoms with Gasteiger partial charge in [0.05, 0.1) is 6.07 Å². The van der Waals surface area contributed by atoms with E-state index in [1.807, 2.05) is 17.8 Å². The van der Waals surface area contributed by atoms with Gasteiger partial charge in [-0.1, -0.05) is 6.08 Å². The lowest BCUT2D eigenvalue weighted by atomic mass is 10.5. The number of thioether (sulfide) groups is 1. The summed E-state index contributed by atoms with van der Waals surface area (Å²) in [5.74, 6) is 2.11. The second-order valence-electron chi connectivity index (χ2n) is 2.02. The Balaban J connectivity index is 2.80. The lowest BCUT2D eigenvalue weighted by molar-refractivity contribution is 0.735. The van der Waals surface area contributed by atoms with E-state index in [-0.39, 0.29) is 0 Å². The third kappa shape index (κ3) is 9.54. The molecule has 0 aliphatic heterocycles. The molecule has 0 aromatic carbocycles. The molecule has 1 N–H and O–H groups in total. The zero-order chi connectivity index (χ0) is 8.36. The maximum atomic E-state index is 8.20. The van der Waals surface area contributed by atoms with Crippen molar-refractivity contribution in [2.24, 2.45) is 0 Å². The molecule has 0 fully saturated rings. The maximum absolute atomic E-state index is 8.20. The third-order valence-corrected chi connectivity index (χ3v) is 2.04. The highest BCUT2D eigenvalue weighted by Crippen LogP contribution is 1.96. The van der Waals surface area contributed by atoms with E-state index >= 15 is 0 Å². The van der Waals surface area contributed by atoms with Crippen LogP contribution in [0.3, 0.4) is 0 Å². The summed E-state index contributed by atoms with van der Waals surface area (Å²) >= 11 is 1.85. The largest absolute Gasteiger partial charge is 0.315 e. The Labute approximate surface area is 72.7 Å². The van der Waals surface area contributed by atoms with E-state index < -0.39 is 0 Å². The fourth-order valence-corrected chi connectivity index (χ4v) is 1.20. The molecule has 0 spiro atoms. The first-order valence-corrected chi connectivity index (χ1v) is 4.83. The molecular weight excluding hydrogens is 156 g/mol. The summed E-state index contributed by atoms with van der Waals surface area (Å²) in [4.78, 5) is 0. The van der Waals surface area contributed by atoms with Crippen LogP contribution in [0.15, 0.2) is 12.7 Å². The molecule has 62 valence electrons. The van der Waals surface area contributed by atoms with Crippen LogP contribution in [0.1, 0.15) is 6.42 Å². The van der Waals surface area contributed by atoms with Crippen molar-refractivity contribution in [3.63, 3.8) is 0 Å². The van der Waals surface area contributed by atoms with Gasteiger partial charge in [-0.05, 0) is 0 Å². The number of nitrogens with zero attached hydrogens (tertiary/aromatic N) is 1. The fraction of sp³-hybridized carbons (Fsp3) is 0.625. The maximum Gasteiger partial charge on any atom is 0.0635 e. The van der Waals surface area contributed by atoms with Gasteiger partial charge in [-0.25, -0.2) is 0 Å². The molecule has 2 nitrogen and oxygen atoms in total. The minimum Gasteiger partial charge on any atom is -0.315 e. The van der Waals surface area contributed by atoms with Crippen LogP contribution in [-0.4, -0.2) is 24.6 Å². The summed E-state index contributed by atoms with van der Waals surface area (Å²) in [7, 11) is 0. The second-order valence-corrected chi connectivity index (χ2v) is 3.17. The first-order valence-electron chi connectivity index (χ1n) is 3.68. The van der Waals surface area contributed by atoms with E-state index in [9.17, 15) is 0 Å². The van der Waals surface area contributed by atoms with Crippen molar-refractivity contribution in [3.8, 4) is 6.07 Å². The molecule has 0 atom stereocenters. The lowest BCUT2D eigenvalue weighted by Gasteiger charge is -1.99. The standard InChI is InChI=1S/C8H14N2S/c1-2-7-11-8-6-10-5-3-4-9/h2,10H,1,3,5-8H2. The minimum atomic E-state index is 0.603. The Hall–Kier alpha value is -0.460. The molecule has 0 rings (SSSR count). The van der Waals surface area contributed by atoms with Crippen molar-refractivity contribution in [2.45, 2.75) is 6.42 Å². The number of rotatable bonds is 7. The second kappa shape index (κ2) is 9.54. The fourth-order valence-electron chi connectivity index (χ4n) is 0.580. The van der Waals surface area contributed by atoms with E-state index in [2.05, 4.69) is 18.0 Å². The van der Waals surface area contributed by atoms with E-state index in [1.54, 1.807) is 0 Å². The van der Waals surface area contributed by atoms with Crippen molar-refractivity contribution in [1.82, 2.24) is 5.32 Å². The van der Waals surface area contributed by atoms with Crippen LogP contribution in [0.4, 0.5) is 0 Å². The third-order valence-electron chi connectivity index (χ3n) is 1.07. The molecule has 0 saturated heterocycles. The van der Waals surface area contributed by atoms with Crippen LogP contribution >= 0.6 is 11.8 Å². The number of nitriles is 1. The average Bonchev–Trinajstić information content (AvgIpc) is 2.03. The summed E-state index contributed by atoms with van der Waals surface area (Å²) in [6, 6.07) is 2.08. The van der Waals surface area contributed by atoms with E-state index in [1.165, 1.54) is 0 Å². The van der Waals surface area contributed by atoms with E-state index in [0.29, 0.717) is 6.42 Å². The van der Waals surface area contributed by atoms with Crippen LogP contribution in [0.5, 0.6) is 0 Å². The van der Waals surface area contributed by atoms with Gasteiger partial charge in [-0.3, -0.25) is 0 Å². The van der Waals surface area contributed by atoms with Gasteiger partial charge in [0.2, 0.25) is 0 Å². The van der Waals surface area contributed by atoms with Gasteiger partial charge in [0.15, 0.2) is 0 Å². The van der Waals surface area contributed by atoms with Crippen LogP contribution in [0.2, 0.25) is 0 Å². The SMILES string of the molecule is C=CCSCCNCCC#N. The molecule has 0 aromatic heterocycles. The molecule has 0 radical (unpaired) electrons. The molecule has 0 aliphatic carbocycles. The normalized spacial score (nSPS) is 9.00. The molecule has 0 aliphatic rings. The molecular formula is C8H14N2S. The van der Waals surface area contributed by atoms with Crippen molar-refractivity contribution >= 4 is 11.8 Å². The van der Waals surface area contributed by atoms with E-state index in [4.69, 9.17) is 5.26 Å². The van der Waals surface area contributed by atoms with Crippen LogP contribution in [-0.2, 0) is 0 Å². The van der Waals surface area contributed by atoms with Crippen molar-refractivity contribution in [2.75, 3.05) is 24.6 Å². The van der Waals surface area contributed by atoms with Gasteiger partial charge in [0.1, 0.15) is 0 Å². The predicted molar refractivity (Wildman–Crippen MR) is 50.6 cm³/mol. The highest BCUT2D eigenvalue weighted by atomic mass is 32.2. The van der Waals surface area contributed by atoms with Gasteiger partial charge in [0, 0.05) is 31.0 Å².